The van der Waals surface area contributed by atoms with Gasteiger partial charge in [0.1, 0.15) is 0 Å². The lowest BCUT2D eigenvalue weighted by Crippen LogP contribution is -2.43. The zero-order valence-electron chi connectivity index (χ0n) is 10.9. The number of amides is 1. The molecule has 1 aromatic rings. The summed E-state index contributed by atoms with van der Waals surface area (Å²) in [6.07, 6.45) is 2.93. The van der Waals surface area contributed by atoms with E-state index >= 15 is 0 Å². The summed E-state index contributed by atoms with van der Waals surface area (Å²) in [6.45, 7) is 1.47. The standard InChI is InChI=1S/C14H17NO4/c1-10-3-5-11(6-4-10)7-8-13(17)15-12(9-16)14(18)19-2/h3-8,12,16H,9H2,1-2H3,(H,15,17)/b8-7+/t12-/m0/s1. The van der Waals surface area contributed by atoms with E-state index in [9.17, 15) is 9.59 Å². The third-order valence-electron chi connectivity index (χ3n) is 2.49. The minimum Gasteiger partial charge on any atom is -0.467 e. The number of benzene rings is 1. The quantitative estimate of drug-likeness (QED) is 0.604. The Hall–Kier alpha value is -2.14. The van der Waals surface area contributed by atoms with Gasteiger partial charge in [-0.3, -0.25) is 4.79 Å². The lowest BCUT2D eigenvalue weighted by molar-refractivity contribution is -0.145. The number of rotatable bonds is 5. The Balaban J connectivity index is 2.59. The number of carbonyl (C=O) groups excluding carboxylic acids is 2. The lowest BCUT2D eigenvalue weighted by Gasteiger charge is -2.11. The summed E-state index contributed by atoms with van der Waals surface area (Å²) in [5.41, 5.74) is 2.01. The van der Waals surface area contributed by atoms with Crippen LogP contribution in [-0.4, -0.2) is 36.7 Å². The maximum Gasteiger partial charge on any atom is 0.330 e. The molecule has 0 aromatic heterocycles. The summed E-state index contributed by atoms with van der Waals surface area (Å²) in [7, 11) is 1.19. The molecule has 0 radical (unpaired) electrons. The van der Waals surface area contributed by atoms with Gasteiger partial charge in [-0.25, -0.2) is 4.79 Å². The summed E-state index contributed by atoms with van der Waals surface area (Å²) in [5.74, 6) is -1.15. The van der Waals surface area contributed by atoms with Crippen LogP contribution in [0.15, 0.2) is 30.3 Å². The van der Waals surface area contributed by atoms with Crippen LogP contribution < -0.4 is 5.32 Å². The van der Waals surface area contributed by atoms with Crippen molar-refractivity contribution < 1.29 is 19.4 Å². The molecule has 5 nitrogen and oxygen atoms in total. The van der Waals surface area contributed by atoms with Crippen molar-refractivity contribution in [2.75, 3.05) is 13.7 Å². The first-order chi connectivity index (χ1) is 9.06. The van der Waals surface area contributed by atoms with Crippen molar-refractivity contribution in [3.8, 4) is 0 Å². The normalized spacial score (nSPS) is 12.2. The molecule has 0 fully saturated rings. The molecular weight excluding hydrogens is 246 g/mol. The van der Waals surface area contributed by atoms with Gasteiger partial charge in [-0.05, 0) is 18.6 Å². The first kappa shape index (κ1) is 14.9. The molecule has 0 unspecified atom stereocenters. The highest BCUT2D eigenvalue weighted by molar-refractivity contribution is 5.94. The van der Waals surface area contributed by atoms with Gasteiger partial charge in [-0.1, -0.05) is 29.8 Å². The molecule has 0 aliphatic rings. The first-order valence-corrected chi connectivity index (χ1v) is 5.80. The molecule has 0 heterocycles. The smallest absolute Gasteiger partial charge is 0.330 e. The first-order valence-electron chi connectivity index (χ1n) is 5.80. The van der Waals surface area contributed by atoms with E-state index in [1.165, 1.54) is 13.2 Å². The molecule has 0 saturated carbocycles. The Labute approximate surface area is 111 Å². The maximum atomic E-state index is 11.6. The second-order valence-corrected chi connectivity index (χ2v) is 4.01. The molecular formula is C14H17NO4. The summed E-state index contributed by atoms with van der Waals surface area (Å²) in [5, 5.41) is 11.3. The van der Waals surface area contributed by atoms with Gasteiger partial charge >= 0.3 is 5.97 Å². The summed E-state index contributed by atoms with van der Waals surface area (Å²) in [6, 6.07) is 6.58. The van der Waals surface area contributed by atoms with Crippen LogP contribution >= 0.6 is 0 Å². The Morgan fingerprint density at radius 2 is 2.00 bits per heavy atom. The van der Waals surface area contributed by atoms with Crippen molar-refractivity contribution in [3.63, 3.8) is 0 Å². The van der Waals surface area contributed by atoms with Crippen molar-refractivity contribution in [1.82, 2.24) is 5.32 Å². The fraction of sp³-hybridized carbons (Fsp3) is 0.286. The zero-order chi connectivity index (χ0) is 14.3. The van der Waals surface area contributed by atoms with Crippen LogP contribution in [0.5, 0.6) is 0 Å². The molecule has 102 valence electrons. The van der Waals surface area contributed by atoms with E-state index in [1.54, 1.807) is 6.08 Å². The number of ether oxygens (including phenoxy) is 1. The number of aliphatic hydroxyl groups is 1. The molecule has 0 bridgehead atoms. The molecule has 0 saturated heterocycles. The van der Waals surface area contributed by atoms with Gasteiger partial charge in [-0.15, -0.1) is 0 Å². The lowest BCUT2D eigenvalue weighted by atomic mass is 10.1. The number of methoxy groups -OCH3 is 1. The maximum absolute atomic E-state index is 11.6. The molecule has 0 aliphatic carbocycles. The predicted molar refractivity (Wildman–Crippen MR) is 71.2 cm³/mol. The largest absolute Gasteiger partial charge is 0.467 e. The van der Waals surface area contributed by atoms with Gasteiger partial charge in [0.25, 0.3) is 0 Å². The average Bonchev–Trinajstić information content (AvgIpc) is 2.43. The van der Waals surface area contributed by atoms with Crippen LogP contribution in [0, 0.1) is 6.92 Å². The van der Waals surface area contributed by atoms with Crippen molar-refractivity contribution in [2.45, 2.75) is 13.0 Å². The molecule has 1 rings (SSSR count). The van der Waals surface area contributed by atoms with Crippen molar-refractivity contribution in [2.24, 2.45) is 0 Å². The molecule has 19 heavy (non-hydrogen) atoms. The summed E-state index contributed by atoms with van der Waals surface area (Å²) in [4.78, 5) is 22.7. The van der Waals surface area contributed by atoms with Gasteiger partial charge in [0, 0.05) is 6.08 Å². The SMILES string of the molecule is COC(=O)[C@H](CO)NC(=O)/C=C/c1ccc(C)cc1. The van der Waals surface area contributed by atoms with E-state index in [2.05, 4.69) is 10.1 Å². The summed E-state index contributed by atoms with van der Waals surface area (Å²) >= 11 is 0. The molecule has 1 amide bonds. The number of aliphatic hydroxyl groups excluding tert-OH is 1. The van der Waals surface area contributed by atoms with E-state index in [0.717, 1.165) is 11.1 Å². The van der Waals surface area contributed by atoms with Crippen LogP contribution in [0.2, 0.25) is 0 Å². The number of carbonyl (C=O) groups is 2. The fourth-order valence-electron chi connectivity index (χ4n) is 1.39. The number of esters is 1. The Kier molecular flexibility index (Phi) is 5.75. The van der Waals surface area contributed by atoms with Gasteiger partial charge in [-0.2, -0.15) is 0 Å². The van der Waals surface area contributed by atoms with Gasteiger partial charge < -0.3 is 15.2 Å². The number of aryl methyl sites for hydroxylation is 1. The highest BCUT2D eigenvalue weighted by Crippen LogP contribution is 2.04. The summed E-state index contributed by atoms with van der Waals surface area (Å²) < 4.78 is 4.44. The second kappa shape index (κ2) is 7.33. The Morgan fingerprint density at radius 3 is 2.53 bits per heavy atom. The van der Waals surface area contributed by atoms with Crippen molar-refractivity contribution >= 4 is 18.0 Å². The van der Waals surface area contributed by atoms with Crippen LogP contribution in [0.4, 0.5) is 0 Å². The molecule has 0 aliphatic heterocycles. The second-order valence-electron chi connectivity index (χ2n) is 4.01. The topological polar surface area (TPSA) is 75.6 Å². The number of hydrogen-bond donors (Lipinski definition) is 2. The van der Waals surface area contributed by atoms with Crippen LogP contribution in [-0.2, 0) is 14.3 Å². The number of nitrogens with one attached hydrogen (secondary N) is 1. The predicted octanol–water partition coefficient (Wildman–Crippen LogP) is 0.658. The number of hydrogen-bond acceptors (Lipinski definition) is 4. The van der Waals surface area contributed by atoms with E-state index in [0.29, 0.717) is 0 Å². The molecule has 2 N–H and O–H groups in total. The third kappa shape index (κ3) is 4.93. The van der Waals surface area contributed by atoms with Crippen LogP contribution in [0.1, 0.15) is 11.1 Å². The van der Waals surface area contributed by atoms with Crippen LogP contribution in [0.3, 0.4) is 0 Å². The van der Waals surface area contributed by atoms with E-state index in [-0.39, 0.29) is 0 Å². The molecule has 1 aromatic carbocycles. The minimum atomic E-state index is -1.04. The molecule has 0 spiro atoms. The van der Waals surface area contributed by atoms with Crippen molar-refractivity contribution in [1.29, 1.82) is 0 Å². The van der Waals surface area contributed by atoms with Gasteiger partial charge in [0.15, 0.2) is 6.04 Å². The molecule has 1 atom stereocenters. The Bertz CT molecular complexity index is 465. The van der Waals surface area contributed by atoms with E-state index < -0.39 is 24.5 Å². The zero-order valence-corrected chi connectivity index (χ0v) is 10.9. The molecule has 5 heteroatoms. The van der Waals surface area contributed by atoms with Crippen molar-refractivity contribution in [3.05, 3.63) is 41.5 Å². The van der Waals surface area contributed by atoms with E-state index in [1.807, 2.05) is 31.2 Å². The van der Waals surface area contributed by atoms with Crippen LogP contribution in [0.25, 0.3) is 6.08 Å². The monoisotopic (exact) mass is 263 g/mol. The van der Waals surface area contributed by atoms with Gasteiger partial charge in [0.05, 0.1) is 13.7 Å². The highest BCUT2D eigenvalue weighted by atomic mass is 16.5. The Morgan fingerprint density at radius 1 is 1.37 bits per heavy atom. The minimum absolute atomic E-state index is 0.468. The average molecular weight is 263 g/mol. The van der Waals surface area contributed by atoms with Gasteiger partial charge in [0.2, 0.25) is 5.91 Å². The van der Waals surface area contributed by atoms with E-state index in [4.69, 9.17) is 5.11 Å². The fourth-order valence-corrected chi connectivity index (χ4v) is 1.39. The third-order valence-corrected chi connectivity index (χ3v) is 2.49. The highest BCUT2D eigenvalue weighted by Gasteiger charge is 2.18.